The zero-order chi connectivity index (χ0) is 25.6. The minimum atomic E-state index is -3.58. The molecular weight excluding hydrogens is 519 g/mol. The third kappa shape index (κ3) is 6.75. The normalized spacial score (nSPS) is 11.6. The van der Waals surface area contributed by atoms with Crippen molar-refractivity contribution in [2.45, 2.75) is 17.9 Å². The zero-order valence-corrected chi connectivity index (χ0v) is 20.8. The fourth-order valence-corrected chi connectivity index (χ4v) is 4.51. The number of hydrogen-bond donors (Lipinski definition) is 1. The van der Waals surface area contributed by atoms with Crippen molar-refractivity contribution >= 4 is 49.9 Å². The minimum absolute atomic E-state index is 0.0819. The van der Waals surface area contributed by atoms with E-state index in [1.54, 1.807) is 31.2 Å². The van der Waals surface area contributed by atoms with Gasteiger partial charge in [-0.25, -0.2) is 12.8 Å². The lowest BCUT2D eigenvalue weighted by Gasteiger charge is -2.15. The molecule has 0 atom stereocenters. The van der Waals surface area contributed by atoms with Crippen molar-refractivity contribution < 1.29 is 27.1 Å². The molecule has 0 radical (unpaired) electrons. The molecule has 35 heavy (non-hydrogen) atoms. The summed E-state index contributed by atoms with van der Waals surface area (Å²) in [4.78, 5) is 12.5. The standard InChI is InChI=1S/C22H18ClFN4O5S2/c1-3-32-18-10-13(9-16(23)19(18)33-12-14-6-4-5-7-17(14)24)8-15(11-25)20(29)26-21-27-28-22(34-21)35(2,30)31/h4-10H,3,12H2,1-2H3,(H,26,27,29)/b15-8-. The van der Waals surface area contributed by atoms with E-state index in [4.69, 9.17) is 21.1 Å². The van der Waals surface area contributed by atoms with Gasteiger partial charge in [0.2, 0.25) is 19.3 Å². The first-order valence-electron chi connectivity index (χ1n) is 9.91. The lowest BCUT2D eigenvalue weighted by atomic mass is 10.1. The highest BCUT2D eigenvalue weighted by Crippen LogP contribution is 2.38. The lowest BCUT2D eigenvalue weighted by molar-refractivity contribution is -0.112. The van der Waals surface area contributed by atoms with E-state index in [1.807, 2.05) is 0 Å². The van der Waals surface area contributed by atoms with Gasteiger partial charge in [-0.15, -0.1) is 10.2 Å². The Bertz CT molecular complexity index is 1430. The number of nitrogens with zero attached hydrogens (tertiary/aromatic N) is 3. The van der Waals surface area contributed by atoms with E-state index in [9.17, 15) is 22.9 Å². The number of nitrogens with one attached hydrogen (secondary N) is 1. The van der Waals surface area contributed by atoms with Crippen molar-refractivity contribution in [1.82, 2.24) is 10.2 Å². The summed E-state index contributed by atoms with van der Waals surface area (Å²) in [7, 11) is -3.58. The number of sulfone groups is 1. The third-order valence-corrected chi connectivity index (χ3v) is 7.07. The summed E-state index contributed by atoms with van der Waals surface area (Å²) in [5.74, 6) is -0.830. The summed E-state index contributed by atoms with van der Waals surface area (Å²) in [6.07, 6.45) is 2.23. The van der Waals surface area contributed by atoms with Gasteiger partial charge in [0.15, 0.2) is 11.5 Å². The van der Waals surface area contributed by atoms with Crippen LogP contribution in [0.4, 0.5) is 9.52 Å². The number of hydrogen-bond acceptors (Lipinski definition) is 9. The molecule has 0 saturated carbocycles. The number of halogens is 2. The quantitative estimate of drug-likeness (QED) is 0.244. The number of amides is 1. The van der Waals surface area contributed by atoms with Crippen molar-refractivity contribution in [3.05, 3.63) is 63.9 Å². The second kappa shape index (κ2) is 11.3. The number of benzene rings is 2. The van der Waals surface area contributed by atoms with Crippen molar-refractivity contribution in [3.8, 4) is 17.6 Å². The second-order valence-corrected chi connectivity index (χ2v) is 10.5. The van der Waals surface area contributed by atoms with Crippen LogP contribution in [0.5, 0.6) is 11.5 Å². The van der Waals surface area contributed by atoms with Crippen LogP contribution in [0.2, 0.25) is 5.02 Å². The van der Waals surface area contributed by atoms with Crippen LogP contribution < -0.4 is 14.8 Å². The summed E-state index contributed by atoms with van der Waals surface area (Å²) in [5, 5.41) is 19.0. The van der Waals surface area contributed by atoms with Gasteiger partial charge in [0.1, 0.15) is 24.1 Å². The van der Waals surface area contributed by atoms with Gasteiger partial charge in [-0.1, -0.05) is 41.1 Å². The van der Waals surface area contributed by atoms with Crippen LogP contribution in [0, 0.1) is 17.1 Å². The Morgan fingerprint density at radius 3 is 2.66 bits per heavy atom. The molecule has 3 rings (SSSR count). The molecule has 0 spiro atoms. The molecule has 9 nitrogen and oxygen atoms in total. The monoisotopic (exact) mass is 536 g/mol. The summed E-state index contributed by atoms with van der Waals surface area (Å²) in [6.45, 7) is 1.92. The van der Waals surface area contributed by atoms with Crippen LogP contribution in [0.1, 0.15) is 18.1 Å². The predicted molar refractivity (Wildman–Crippen MR) is 129 cm³/mol. The maximum Gasteiger partial charge on any atom is 0.268 e. The van der Waals surface area contributed by atoms with E-state index in [0.717, 1.165) is 6.26 Å². The van der Waals surface area contributed by atoms with Gasteiger partial charge in [0.05, 0.1) is 11.6 Å². The number of nitriles is 1. The first-order chi connectivity index (χ1) is 16.6. The van der Waals surface area contributed by atoms with Crippen LogP contribution in [-0.2, 0) is 21.2 Å². The number of carbonyl (C=O) groups excluding carboxylic acids is 1. The summed E-state index contributed by atoms with van der Waals surface area (Å²) >= 11 is 7.03. The molecule has 0 saturated heterocycles. The Hall–Kier alpha value is -3.53. The maximum atomic E-state index is 13.9. The molecule has 0 unspecified atom stereocenters. The second-order valence-electron chi connectivity index (χ2n) is 6.91. The molecule has 2 aromatic carbocycles. The molecular formula is C22H18ClFN4O5S2. The van der Waals surface area contributed by atoms with Crippen molar-refractivity contribution in [1.29, 1.82) is 5.26 Å². The van der Waals surface area contributed by atoms with E-state index in [0.29, 0.717) is 22.5 Å². The van der Waals surface area contributed by atoms with Crippen LogP contribution in [0.15, 0.2) is 46.3 Å². The van der Waals surface area contributed by atoms with E-state index in [2.05, 4.69) is 15.5 Å². The average molecular weight is 537 g/mol. The van der Waals surface area contributed by atoms with Gasteiger partial charge in [-0.3, -0.25) is 10.1 Å². The number of anilines is 1. The van der Waals surface area contributed by atoms with Crippen LogP contribution in [0.3, 0.4) is 0 Å². The number of carbonyl (C=O) groups is 1. The maximum absolute atomic E-state index is 13.9. The Morgan fingerprint density at radius 2 is 2.03 bits per heavy atom. The molecule has 0 aliphatic rings. The molecule has 1 heterocycles. The van der Waals surface area contributed by atoms with Gasteiger partial charge >= 0.3 is 0 Å². The van der Waals surface area contributed by atoms with Crippen LogP contribution >= 0.6 is 22.9 Å². The molecule has 0 bridgehead atoms. The third-order valence-electron chi connectivity index (χ3n) is 4.28. The number of aromatic nitrogens is 2. The predicted octanol–water partition coefficient (Wildman–Crippen LogP) is 4.26. The van der Waals surface area contributed by atoms with Gasteiger partial charge in [0, 0.05) is 11.8 Å². The minimum Gasteiger partial charge on any atom is -0.490 e. The van der Waals surface area contributed by atoms with E-state index in [-0.39, 0.29) is 44.8 Å². The fourth-order valence-electron chi connectivity index (χ4n) is 2.73. The van der Waals surface area contributed by atoms with Crippen molar-refractivity contribution in [3.63, 3.8) is 0 Å². The Kier molecular flexibility index (Phi) is 8.39. The average Bonchev–Trinajstić information content (AvgIpc) is 3.27. The molecule has 1 N–H and O–H groups in total. The van der Waals surface area contributed by atoms with Gasteiger partial charge in [0.25, 0.3) is 5.91 Å². The highest BCUT2D eigenvalue weighted by atomic mass is 35.5. The summed E-state index contributed by atoms with van der Waals surface area (Å²) < 4.78 is 48.0. The molecule has 1 aromatic heterocycles. The largest absolute Gasteiger partial charge is 0.490 e. The Balaban J connectivity index is 1.85. The molecule has 3 aromatic rings. The summed E-state index contributed by atoms with van der Waals surface area (Å²) in [5.41, 5.74) is 0.381. The molecule has 182 valence electrons. The molecule has 1 amide bonds. The van der Waals surface area contributed by atoms with Crippen molar-refractivity contribution in [2.75, 3.05) is 18.2 Å². The molecule has 0 aliphatic heterocycles. The zero-order valence-electron chi connectivity index (χ0n) is 18.4. The van der Waals surface area contributed by atoms with Crippen LogP contribution in [-0.4, -0.2) is 37.4 Å². The number of rotatable bonds is 9. The molecule has 13 heteroatoms. The van der Waals surface area contributed by atoms with E-state index >= 15 is 0 Å². The smallest absolute Gasteiger partial charge is 0.268 e. The van der Waals surface area contributed by atoms with Gasteiger partial charge < -0.3 is 9.47 Å². The Morgan fingerprint density at radius 1 is 1.29 bits per heavy atom. The summed E-state index contributed by atoms with van der Waals surface area (Å²) in [6, 6.07) is 10.9. The fraction of sp³-hybridized carbons (Fsp3) is 0.182. The van der Waals surface area contributed by atoms with Gasteiger partial charge in [-0.05, 0) is 36.8 Å². The SMILES string of the molecule is CCOc1cc(/C=C(/C#N)C(=O)Nc2nnc(S(C)(=O)=O)s2)cc(Cl)c1OCc1ccccc1F. The van der Waals surface area contributed by atoms with Crippen LogP contribution in [0.25, 0.3) is 6.08 Å². The highest BCUT2D eigenvalue weighted by Gasteiger charge is 2.19. The molecule has 0 aliphatic carbocycles. The topological polar surface area (TPSA) is 131 Å². The lowest BCUT2D eigenvalue weighted by Crippen LogP contribution is -2.13. The van der Waals surface area contributed by atoms with E-state index < -0.39 is 21.6 Å². The van der Waals surface area contributed by atoms with E-state index in [1.165, 1.54) is 24.3 Å². The number of ether oxygens (including phenoxy) is 2. The highest BCUT2D eigenvalue weighted by molar-refractivity contribution is 7.92. The Labute approximate surface area is 209 Å². The first-order valence-corrected chi connectivity index (χ1v) is 13.0. The van der Waals surface area contributed by atoms with Gasteiger partial charge in [-0.2, -0.15) is 5.26 Å². The van der Waals surface area contributed by atoms with Crippen molar-refractivity contribution in [2.24, 2.45) is 0 Å². The first kappa shape index (κ1) is 26.1. The molecule has 0 fully saturated rings.